The van der Waals surface area contributed by atoms with Crippen LogP contribution in [0.2, 0.25) is 0 Å². The molecule has 0 N–H and O–H groups in total. The van der Waals surface area contributed by atoms with Crippen molar-refractivity contribution >= 4 is 11.9 Å². The first-order valence-electron chi connectivity index (χ1n) is 22.7. The van der Waals surface area contributed by atoms with Crippen molar-refractivity contribution in [3.63, 3.8) is 0 Å². The Morgan fingerprint density at radius 2 is 1.36 bits per heavy atom. The van der Waals surface area contributed by atoms with Crippen LogP contribution in [-0.2, 0) is 33.3 Å². The molecule has 0 saturated carbocycles. The minimum absolute atomic E-state index is 0.0446. The maximum absolute atomic E-state index is 12.4. The second-order valence-corrected chi connectivity index (χ2v) is 16.2. The van der Waals surface area contributed by atoms with Gasteiger partial charge in [0.05, 0.1) is 39.1 Å². The summed E-state index contributed by atoms with van der Waals surface area (Å²) in [5.74, 6) is 0.336. The van der Waals surface area contributed by atoms with E-state index in [9.17, 15) is 9.59 Å². The van der Waals surface area contributed by atoms with Gasteiger partial charge in [0.15, 0.2) is 5.79 Å². The largest absolute Gasteiger partial charge is 0.466 e. The summed E-state index contributed by atoms with van der Waals surface area (Å²) in [5.41, 5.74) is 8.40. The van der Waals surface area contributed by atoms with E-state index in [1.807, 2.05) is 6.08 Å². The number of esters is 2. The lowest BCUT2D eigenvalue weighted by molar-refractivity contribution is -0.180. The highest BCUT2D eigenvalue weighted by molar-refractivity contribution is 5.69. The molecule has 4 unspecified atom stereocenters. The van der Waals surface area contributed by atoms with Crippen LogP contribution in [0.1, 0.15) is 181 Å². The van der Waals surface area contributed by atoms with Crippen LogP contribution < -0.4 is 0 Å². The molecule has 55 heavy (non-hydrogen) atoms. The third-order valence-corrected chi connectivity index (χ3v) is 11.2. The molecule has 2 saturated heterocycles. The van der Waals surface area contributed by atoms with E-state index in [1.165, 1.54) is 44.9 Å². The standard InChI is InChI=1S/C47H81NO7/c1-5-8-17-24-42(4)30-37-52-45(49)27-20-13-11-15-22-32-47(54-41-44(55-47)29-34-48-35-39-51-40-36-48)33-23-16-12-14-21-28-46(50)53-38-31-43(25-18-9-6-2)26-19-10-7-3/h25,42-44H,2,5,7-8,10-17,19-24,26-41H2,1,3-4H3. The Hall–Kier alpha value is -2.14. The fourth-order valence-electron chi connectivity index (χ4n) is 7.59. The normalized spacial score (nSPS) is 19.6. The van der Waals surface area contributed by atoms with E-state index >= 15 is 0 Å². The van der Waals surface area contributed by atoms with Gasteiger partial charge in [0.25, 0.3) is 0 Å². The average Bonchev–Trinajstić information content (AvgIpc) is 3.59. The topological polar surface area (TPSA) is 83.5 Å². The molecule has 2 heterocycles. The summed E-state index contributed by atoms with van der Waals surface area (Å²) in [5, 5.41) is 0. The second-order valence-electron chi connectivity index (χ2n) is 16.2. The SMILES string of the molecule is C=C=C=C=CC(CCCCC)CCOC(=O)CCCCCCCC1(CCCCCCCC(=O)OCCC(C)CCCCC)OCC(CCN2CCOCC2)O1. The molecule has 0 aliphatic carbocycles. The molecule has 0 aromatic rings. The Labute approximate surface area is 336 Å². The Balaban J connectivity index is 1.65. The molecule has 4 atom stereocenters. The first-order chi connectivity index (χ1) is 26.9. The van der Waals surface area contributed by atoms with E-state index in [0.29, 0.717) is 44.5 Å². The third kappa shape index (κ3) is 25.7. The predicted octanol–water partition coefficient (Wildman–Crippen LogP) is 11.2. The van der Waals surface area contributed by atoms with Gasteiger partial charge in [-0.25, -0.2) is 0 Å². The number of nitrogens with zero attached hydrogens (tertiary/aromatic N) is 1. The zero-order valence-electron chi connectivity index (χ0n) is 35.7. The summed E-state index contributed by atoms with van der Waals surface area (Å²) in [7, 11) is 0. The molecule has 0 aromatic carbocycles. The molecule has 2 aliphatic rings. The van der Waals surface area contributed by atoms with Gasteiger partial charge in [0, 0.05) is 45.3 Å². The molecular weight excluding hydrogens is 691 g/mol. The van der Waals surface area contributed by atoms with Crippen molar-refractivity contribution in [3.8, 4) is 0 Å². The van der Waals surface area contributed by atoms with Crippen LogP contribution in [0.15, 0.2) is 29.8 Å². The number of ether oxygens (including phenoxy) is 5. The summed E-state index contributed by atoms with van der Waals surface area (Å²) in [6.07, 6.45) is 27.8. The van der Waals surface area contributed by atoms with Crippen LogP contribution in [0.5, 0.6) is 0 Å². The monoisotopic (exact) mass is 772 g/mol. The summed E-state index contributed by atoms with van der Waals surface area (Å²) in [6.45, 7) is 16.6. The number of hydrogen-bond acceptors (Lipinski definition) is 8. The number of unbranched alkanes of at least 4 members (excludes halogenated alkanes) is 12. The van der Waals surface area contributed by atoms with Crippen LogP contribution in [-0.4, -0.2) is 81.4 Å². The smallest absolute Gasteiger partial charge is 0.305 e. The first kappa shape index (κ1) is 49.0. The first-order valence-corrected chi connectivity index (χ1v) is 22.7. The Kier molecular flexibility index (Phi) is 29.3. The molecule has 8 heteroatoms. The number of hydrogen-bond donors (Lipinski definition) is 0. The van der Waals surface area contributed by atoms with Crippen molar-refractivity contribution in [3.05, 3.63) is 29.8 Å². The van der Waals surface area contributed by atoms with Crippen LogP contribution in [0, 0.1) is 11.8 Å². The highest BCUT2D eigenvalue weighted by atomic mass is 16.7. The number of carbonyl (C=O) groups excluding carboxylic acids is 2. The predicted molar refractivity (Wildman–Crippen MR) is 223 cm³/mol. The van der Waals surface area contributed by atoms with Crippen molar-refractivity contribution in [1.29, 1.82) is 0 Å². The molecule has 2 fully saturated rings. The van der Waals surface area contributed by atoms with Crippen LogP contribution in [0.25, 0.3) is 0 Å². The summed E-state index contributed by atoms with van der Waals surface area (Å²) < 4.78 is 29.8. The van der Waals surface area contributed by atoms with E-state index in [4.69, 9.17) is 23.7 Å². The van der Waals surface area contributed by atoms with E-state index < -0.39 is 5.79 Å². The fraction of sp³-hybridized carbons (Fsp3) is 0.851. The lowest BCUT2D eigenvalue weighted by atomic mass is 9.98. The van der Waals surface area contributed by atoms with Crippen molar-refractivity contribution in [2.75, 3.05) is 52.7 Å². The van der Waals surface area contributed by atoms with Crippen molar-refractivity contribution in [2.45, 2.75) is 193 Å². The van der Waals surface area contributed by atoms with E-state index in [2.05, 4.69) is 49.4 Å². The summed E-state index contributed by atoms with van der Waals surface area (Å²) in [6, 6.07) is 0. The Morgan fingerprint density at radius 1 is 0.782 bits per heavy atom. The quantitative estimate of drug-likeness (QED) is 0.0363. The van der Waals surface area contributed by atoms with Gasteiger partial charge in [-0.3, -0.25) is 14.5 Å². The molecule has 8 nitrogen and oxygen atoms in total. The van der Waals surface area contributed by atoms with Crippen molar-refractivity contribution in [2.24, 2.45) is 11.8 Å². The van der Waals surface area contributed by atoms with E-state index in [1.54, 1.807) is 0 Å². The highest BCUT2D eigenvalue weighted by Crippen LogP contribution is 2.36. The van der Waals surface area contributed by atoms with Crippen LogP contribution >= 0.6 is 0 Å². The summed E-state index contributed by atoms with van der Waals surface area (Å²) >= 11 is 0. The third-order valence-electron chi connectivity index (χ3n) is 11.2. The number of allylic oxidation sites excluding steroid dienone is 1. The Bertz CT molecular complexity index is 1100. The molecule has 316 valence electrons. The van der Waals surface area contributed by atoms with Gasteiger partial charge in [-0.05, 0) is 81.6 Å². The van der Waals surface area contributed by atoms with Crippen LogP contribution in [0.4, 0.5) is 0 Å². The van der Waals surface area contributed by atoms with Gasteiger partial charge in [0.2, 0.25) is 0 Å². The van der Waals surface area contributed by atoms with E-state index in [-0.39, 0.29) is 18.0 Å². The highest BCUT2D eigenvalue weighted by Gasteiger charge is 2.40. The molecule has 0 radical (unpaired) electrons. The Morgan fingerprint density at radius 3 is 1.98 bits per heavy atom. The molecule has 0 aromatic heterocycles. The molecule has 2 aliphatic heterocycles. The lowest BCUT2D eigenvalue weighted by Crippen LogP contribution is -2.38. The lowest BCUT2D eigenvalue weighted by Gasteiger charge is -2.30. The minimum Gasteiger partial charge on any atom is -0.466 e. The fourth-order valence-corrected chi connectivity index (χ4v) is 7.59. The van der Waals surface area contributed by atoms with Gasteiger partial charge in [-0.15, -0.1) is 0 Å². The van der Waals surface area contributed by atoms with Gasteiger partial charge in [0.1, 0.15) is 0 Å². The van der Waals surface area contributed by atoms with Crippen molar-refractivity contribution < 1.29 is 33.3 Å². The number of carbonyl (C=O) groups is 2. The van der Waals surface area contributed by atoms with Gasteiger partial charge < -0.3 is 23.7 Å². The van der Waals surface area contributed by atoms with Gasteiger partial charge in [-0.2, -0.15) is 0 Å². The molecule has 0 bridgehead atoms. The maximum Gasteiger partial charge on any atom is 0.305 e. The molecule has 2 rings (SSSR count). The minimum atomic E-state index is -0.488. The summed E-state index contributed by atoms with van der Waals surface area (Å²) in [4.78, 5) is 27.1. The second kappa shape index (κ2) is 32.9. The number of rotatable bonds is 34. The maximum atomic E-state index is 12.4. The zero-order valence-corrected chi connectivity index (χ0v) is 35.7. The number of morpholine rings is 1. The zero-order chi connectivity index (χ0) is 39.7. The molecular formula is C47H81NO7. The molecule has 0 amide bonds. The van der Waals surface area contributed by atoms with Gasteiger partial charge in [-0.1, -0.05) is 116 Å². The van der Waals surface area contributed by atoms with Crippen LogP contribution in [0.3, 0.4) is 0 Å². The van der Waals surface area contributed by atoms with Gasteiger partial charge >= 0.3 is 11.9 Å². The van der Waals surface area contributed by atoms with Crippen molar-refractivity contribution in [1.82, 2.24) is 4.90 Å². The molecule has 0 spiro atoms. The van der Waals surface area contributed by atoms with E-state index in [0.717, 1.165) is 136 Å². The average molecular weight is 772 g/mol.